The molecule has 0 fully saturated rings. The lowest BCUT2D eigenvalue weighted by molar-refractivity contribution is 0.578. The van der Waals surface area contributed by atoms with Gasteiger partial charge in [0.05, 0.1) is 11.4 Å². The number of halogens is 1. The first kappa shape index (κ1) is 14.9. The summed E-state index contributed by atoms with van der Waals surface area (Å²) in [6.07, 6.45) is 1.50. The second-order valence-electron chi connectivity index (χ2n) is 4.12. The van der Waals surface area contributed by atoms with E-state index in [-0.39, 0.29) is 18.0 Å². The quantitative estimate of drug-likeness (QED) is 0.831. The fourth-order valence-electron chi connectivity index (χ4n) is 1.57. The molecule has 0 unspecified atom stereocenters. The van der Waals surface area contributed by atoms with Crippen LogP contribution >= 0.6 is 11.6 Å². The Hall–Kier alpha value is -1.48. The molecule has 0 saturated carbocycles. The molecule has 2 aromatic rings. The normalized spacial score (nSPS) is 11.8. The van der Waals surface area contributed by atoms with E-state index in [2.05, 4.69) is 14.8 Å². The molecule has 0 bridgehead atoms. The lowest BCUT2D eigenvalue weighted by atomic mass is 10.2. The maximum Gasteiger partial charge on any atom is 0.241 e. The van der Waals surface area contributed by atoms with Crippen LogP contribution < -0.4 is 10.5 Å². The van der Waals surface area contributed by atoms with Gasteiger partial charge in [-0.15, -0.1) is 0 Å². The summed E-state index contributed by atoms with van der Waals surface area (Å²) in [5, 5.41) is 4.31. The number of nitrogens with zero attached hydrogens (tertiary/aromatic N) is 3. The summed E-state index contributed by atoms with van der Waals surface area (Å²) < 4.78 is 28.1. The van der Waals surface area contributed by atoms with Crippen molar-refractivity contribution in [1.29, 1.82) is 0 Å². The first-order chi connectivity index (χ1) is 9.42. The summed E-state index contributed by atoms with van der Waals surface area (Å²) in [6.45, 7) is 0.268. The minimum absolute atomic E-state index is 0.0133. The zero-order valence-electron chi connectivity index (χ0n) is 10.7. The van der Waals surface area contributed by atoms with Crippen molar-refractivity contribution in [2.45, 2.75) is 18.0 Å². The molecule has 0 aliphatic heterocycles. The van der Waals surface area contributed by atoms with E-state index in [1.54, 1.807) is 13.1 Å². The molecular weight excluding hydrogens is 302 g/mol. The third kappa shape index (κ3) is 3.34. The molecule has 0 atom stereocenters. The highest BCUT2D eigenvalue weighted by Gasteiger charge is 2.16. The van der Waals surface area contributed by atoms with E-state index in [0.717, 1.165) is 0 Å². The number of aromatic nitrogens is 3. The minimum Gasteiger partial charge on any atom is -0.326 e. The van der Waals surface area contributed by atoms with Crippen LogP contribution in [0.3, 0.4) is 0 Å². The van der Waals surface area contributed by atoms with Gasteiger partial charge < -0.3 is 5.73 Å². The van der Waals surface area contributed by atoms with Gasteiger partial charge in [0.15, 0.2) is 5.82 Å². The van der Waals surface area contributed by atoms with E-state index < -0.39 is 10.0 Å². The van der Waals surface area contributed by atoms with Crippen LogP contribution in [0.2, 0.25) is 5.02 Å². The smallest absolute Gasteiger partial charge is 0.241 e. The molecule has 0 spiro atoms. The van der Waals surface area contributed by atoms with Crippen LogP contribution in [0.1, 0.15) is 11.4 Å². The first-order valence-corrected chi connectivity index (χ1v) is 7.61. The fraction of sp³-hybridized carbons (Fsp3) is 0.273. The van der Waals surface area contributed by atoms with Crippen molar-refractivity contribution < 1.29 is 8.42 Å². The van der Waals surface area contributed by atoms with E-state index in [4.69, 9.17) is 17.3 Å². The van der Waals surface area contributed by atoms with Gasteiger partial charge in [0, 0.05) is 18.6 Å². The zero-order valence-corrected chi connectivity index (χ0v) is 12.3. The van der Waals surface area contributed by atoms with Gasteiger partial charge in [0.25, 0.3) is 0 Å². The maximum atomic E-state index is 12.1. The topological polar surface area (TPSA) is 103 Å². The second-order valence-corrected chi connectivity index (χ2v) is 6.29. The summed E-state index contributed by atoms with van der Waals surface area (Å²) in [5.74, 6) is 0.390. The maximum absolute atomic E-state index is 12.1. The first-order valence-electron chi connectivity index (χ1n) is 5.75. The Morgan fingerprint density at radius 1 is 1.45 bits per heavy atom. The van der Waals surface area contributed by atoms with Crippen molar-refractivity contribution in [3.05, 3.63) is 40.9 Å². The molecule has 108 valence electrons. The standard InChI is InChI=1S/C11H14ClN5O2S/c1-17-7-14-11(16-17)6-15-20(18,19)9-3-2-8(5-13)10(12)4-9/h2-4,7,15H,5-6,13H2,1H3. The number of aryl methyl sites for hydroxylation is 1. The van der Waals surface area contributed by atoms with Crippen molar-refractivity contribution in [3.8, 4) is 0 Å². The van der Waals surface area contributed by atoms with Crippen molar-refractivity contribution in [2.75, 3.05) is 0 Å². The highest BCUT2D eigenvalue weighted by molar-refractivity contribution is 7.89. The average Bonchev–Trinajstić information content (AvgIpc) is 2.82. The highest BCUT2D eigenvalue weighted by atomic mass is 35.5. The van der Waals surface area contributed by atoms with Gasteiger partial charge in [-0.2, -0.15) is 5.10 Å². The van der Waals surface area contributed by atoms with Crippen LogP contribution in [0, 0.1) is 0 Å². The van der Waals surface area contributed by atoms with Crippen molar-refractivity contribution in [1.82, 2.24) is 19.5 Å². The number of nitrogens with two attached hydrogens (primary N) is 1. The van der Waals surface area contributed by atoms with Gasteiger partial charge in [-0.25, -0.2) is 18.1 Å². The third-order valence-electron chi connectivity index (χ3n) is 2.62. The Balaban J connectivity index is 2.15. The van der Waals surface area contributed by atoms with Crippen LogP contribution in [0.25, 0.3) is 0 Å². The predicted molar refractivity (Wildman–Crippen MR) is 74.4 cm³/mol. The Morgan fingerprint density at radius 2 is 2.20 bits per heavy atom. The number of hydrogen-bond donors (Lipinski definition) is 2. The van der Waals surface area contributed by atoms with Crippen LogP contribution in [0.15, 0.2) is 29.4 Å². The molecular formula is C11H14ClN5O2S. The summed E-state index contributed by atoms with van der Waals surface area (Å²) in [7, 11) is -1.96. The number of benzene rings is 1. The summed E-state index contributed by atoms with van der Waals surface area (Å²) in [6, 6.07) is 4.43. The van der Waals surface area contributed by atoms with Gasteiger partial charge in [-0.1, -0.05) is 17.7 Å². The van der Waals surface area contributed by atoms with Crippen molar-refractivity contribution in [3.63, 3.8) is 0 Å². The molecule has 7 nitrogen and oxygen atoms in total. The molecule has 9 heteroatoms. The molecule has 0 saturated heterocycles. The van der Waals surface area contributed by atoms with Crippen LogP contribution in [0.5, 0.6) is 0 Å². The Kier molecular flexibility index (Phi) is 4.39. The summed E-state index contributed by atoms with van der Waals surface area (Å²) in [4.78, 5) is 4.02. The van der Waals surface area contributed by atoms with Crippen LogP contribution in [-0.2, 0) is 30.2 Å². The fourth-order valence-corrected chi connectivity index (χ4v) is 2.90. The Labute approximate surface area is 121 Å². The molecule has 0 aliphatic rings. The average molecular weight is 316 g/mol. The third-order valence-corrected chi connectivity index (χ3v) is 4.37. The molecule has 2 rings (SSSR count). The Bertz CT molecular complexity index is 713. The summed E-state index contributed by atoms with van der Waals surface area (Å²) in [5.41, 5.74) is 6.17. The number of nitrogens with one attached hydrogen (secondary N) is 1. The molecule has 1 aromatic carbocycles. The predicted octanol–water partition coefficient (Wildman–Crippen LogP) is 0.406. The number of sulfonamides is 1. The van der Waals surface area contributed by atoms with E-state index in [9.17, 15) is 8.42 Å². The van der Waals surface area contributed by atoms with Gasteiger partial charge in [0.2, 0.25) is 10.0 Å². The Morgan fingerprint density at radius 3 is 2.75 bits per heavy atom. The monoisotopic (exact) mass is 315 g/mol. The van der Waals surface area contributed by atoms with Crippen molar-refractivity contribution in [2.24, 2.45) is 12.8 Å². The van der Waals surface area contributed by atoms with Gasteiger partial charge in [-0.05, 0) is 17.7 Å². The number of rotatable bonds is 5. The molecule has 0 amide bonds. The SMILES string of the molecule is Cn1cnc(CNS(=O)(=O)c2ccc(CN)c(Cl)c2)n1. The van der Waals surface area contributed by atoms with Crippen LogP contribution in [-0.4, -0.2) is 23.2 Å². The molecule has 1 aromatic heterocycles. The van der Waals surface area contributed by atoms with E-state index in [0.29, 0.717) is 16.4 Å². The molecule has 1 heterocycles. The van der Waals surface area contributed by atoms with Crippen molar-refractivity contribution >= 4 is 21.6 Å². The van der Waals surface area contributed by atoms with E-state index in [1.165, 1.54) is 23.1 Å². The molecule has 0 aliphatic carbocycles. The molecule has 0 radical (unpaired) electrons. The van der Waals surface area contributed by atoms with Gasteiger partial charge in [-0.3, -0.25) is 4.68 Å². The number of hydrogen-bond acceptors (Lipinski definition) is 5. The largest absolute Gasteiger partial charge is 0.326 e. The molecule has 3 N–H and O–H groups in total. The lowest BCUT2D eigenvalue weighted by Gasteiger charge is -2.07. The van der Waals surface area contributed by atoms with Crippen LogP contribution in [0.4, 0.5) is 0 Å². The second kappa shape index (κ2) is 5.88. The zero-order chi connectivity index (χ0) is 14.8. The minimum atomic E-state index is -3.66. The van der Waals surface area contributed by atoms with E-state index in [1.807, 2.05) is 0 Å². The van der Waals surface area contributed by atoms with Gasteiger partial charge >= 0.3 is 0 Å². The molecule has 20 heavy (non-hydrogen) atoms. The van der Waals surface area contributed by atoms with E-state index >= 15 is 0 Å². The van der Waals surface area contributed by atoms with Gasteiger partial charge in [0.1, 0.15) is 6.33 Å². The summed E-state index contributed by atoms with van der Waals surface area (Å²) >= 11 is 5.96. The highest BCUT2D eigenvalue weighted by Crippen LogP contribution is 2.20. The lowest BCUT2D eigenvalue weighted by Crippen LogP contribution is -2.24.